The van der Waals surface area contributed by atoms with Crippen LogP contribution in [-0.2, 0) is 6.54 Å². The molecule has 2 nitrogen and oxygen atoms in total. The third-order valence-electron chi connectivity index (χ3n) is 3.06. The van der Waals surface area contributed by atoms with Crippen LogP contribution >= 0.6 is 0 Å². The summed E-state index contributed by atoms with van der Waals surface area (Å²) >= 11 is 0. The maximum Gasteiger partial charge on any atom is 0.143 e. The molecule has 0 heterocycles. The molecule has 0 aliphatic carbocycles. The van der Waals surface area contributed by atoms with E-state index in [2.05, 4.69) is 0 Å². The maximum atomic E-state index is 13.6. The lowest BCUT2D eigenvalue weighted by Crippen LogP contribution is -2.18. The summed E-state index contributed by atoms with van der Waals surface area (Å²) in [6.45, 7) is 2.67. The third-order valence-corrected chi connectivity index (χ3v) is 3.06. The molecule has 0 aromatic heterocycles. The third kappa shape index (κ3) is 2.92. The lowest BCUT2D eigenvalue weighted by molar-refractivity contribution is 0.623. The smallest absolute Gasteiger partial charge is 0.143 e. The molecule has 2 aromatic carbocycles. The minimum absolute atomic E-state index is 0.0945. The quantitative estimate of drug-likeness (QED) is 0.836. The van der Waals surface area contributed by atoms with Crippen LogP contribution in [0.5, 0.6) is 0 Å². The van der Waals surface area contributed by atoms with Crippen LogP contribution in [0.1, 0.15) is 16.7 Å². The predicted molar refractivity (Wildman–Crippen MR) is 74.4 cm³/mol. The standard InChI is InChI=1S/C16H15FN2/c1-12-6-8-13(9-7-12)11-19(2)16-5-3-4-15(17)14(16)10-18/h3-9H,11H2,1-2H3. The summed E-state index contributed by atoms with van der Waals surface area (Å²) in [5, 5.41) is 9.03. The van der Waals surface area contributed by atoms with Crippen molar-refractivity contribution in [3.05, 3.63) is 65.0 Å². The van der Waals surface area contributed by atoms with E-state index in [9.17, 15) is 4.39 Å². The number of aryl methyl sites for hydroxylation is 1. The Morgan fingerprint density at radius 2 is 1.84 bits per heavy atom. The second-order valence-electron chi connectivity index (χ2n) is 4.59. The average Bonchev–Trinajstić information content (AvgIpc) is 2.41. The highest BCUT2D eigenvalue weighted by Gasteiger charge is 2.11. The molecule has 0 N–H and O–H groups in total. The Morgan fingerprint density at radius 3 is 2.47 bits per heavy atom. The van der Waals surface area contributed by atoms with E-state index in [-0.39, 0.29) is 5.56 Å². The Labute approximate surface area is 112 Å². The van der Waals surface area contributed by atoms with Gasteiger partial charge in [0.15, 0.2) is 0 Å². The number of nitriles is 1. The Bertz CT molecular complexity index is 612. The summed E-state index contributed by atoms with van der Waals surface area (Å²) in [6, 6.07) is 14.8. The van der Waals surface area contributed by atoms with E-state index in [1.807, 2.05) is 49.2 Å². The van der Waals surface area contributed by atoms with Gasteiger partial charge in [-0.05, 0) is 24.6 Å². The van der Waals surface area contributed by atoms with Gasteiger partial charge in [-0.2, -0.15) is 5.26 Å². The number of hydrogen-bond donors (Lipinski definition) is 0. The van der Waals surface area contributed by atoms with E-state index < -0.39 is 5.82 Å². The van der Waals surface area contributed by atoms with Crippen molar-refractivity contribution in [3.8, 4) is 6.07 Å². The van der Waals surface area contributed by atoms with Crippen molar-refractivity contribution in [2.24, 2.45) is 0 Å². The van der Waals surface area contributed by atoms with E-state index in [1.54, 1.807) is 12.1 Å². The lowest BCUT2D eigenvalue weighted by atomic mass is 10.1. The first-order chi connectivity index (χ1) is 9.11. The first-order valence-electron chi connectivity index (χ1n) is 6.07. The summed E-state index contributed by atoms with van der Waals surface area (Å²) in [4.78, 5) is 1.88. The molecule has 19 heavy (non-hydrogen) atoms. The Kier molecular flexibility index (Phi) is 3.82. The van der Waals surface area contributed by atoms with Gasteiger partial charge >= 0.3 is 0 Å². The normalized spacial score (nSPS) is 10.0. The number of hydrogen-bond acceptors (Lipinski definition) is 2. The molecule has 0 aliphatic heterocycles. The van der Waals surface area contributed by atoms with Gasteiger partial charge < -0.3 is 4.90 Å². The highest BCUT2D eigenvalue weighted by atomic mass is 19.1. The monoisotopic (exact) mass is 254 g/mol. The second-order valence-corrected chi connectivity index (χ2v) is 4.59. The molecule has 2 rings (SSSR count). The topological polar surface area (TPSA) is 27.0 Å². The van der Waals surface area contributed by atoms with Crippen LogP contribution in [0.3, 0.4) is 0 Å². The Hall–Kier alpha value is -2.34. The van der Waals surface area contributed by atoms with Gasteiger partial charge in [0.1, 0.15) is 17.4 Å². The molecule has 0 saturated carbocycles. The summed E-state index contributed by atoms with van der Waals surface area (Å²) in [6.07, 6.45) is 0. The second kappa shape index (κ2) is 5.53. The molecule has 0 radical (unpaired) electrons. The molecule has 2 aromatic rings. The van der Waals surface area contributed by atoms with Crippen molar-refractivity contribution < 1.29 is 4.39 Å². The van der Waals surface area contributed by atoms with Crippen LogP contribution in [0.2, 0.25) is 0 Å². The molecule has 0 fully saturated rings. The van der Waals surface area contributed by atoms with Crippen LogP contribution in [0.25, 0.3) is 0 Å². The van der Waals surface area contributed by atoms with E-state index in [0.717, 1.165) is 5.56 Å². The molecular formula is C16H15FN2. The lowest BCUT2D eigenvalue weighted by Gasteiger charge is -2.20. The first kappa shape index (κ1) is 13.1. The summed E-state index contributed by atoms with van der Waals surface area (Å²) in [5.74, 6) is -0.476. The highest BCUT2D eigenvalue weighted by Crippen LogP contribution is 2.22. The minimum Gasteiger partial charge on any atom is -0.369 e. The van der Waals surface area contributed by atoms with Crippen molar-refractivity contribution in [1.29, 1.82) is 5.26 Å². The zero-order valence-corrected chi connectivity index (χ0v) is 11.0. The van der Waals surface area contributed by atoms with Crippen LogP contribution in [0, 0.1) is 24.1 Å². The van der Waals surface area contributed by atoms with E-state index in [1.165, 1.54) is 11.6 Å². The van der Waals surface area contributed by atoms with E-state index in [4.69, 9.17) is 5.26 Å². The van der Waals surface area contributed by atoms with Crippen molar-refractivity contribution in [3.63, 3.8) is 0 Å². The van der Waals surface area contributed by atoms with Gasteiger partial charge in [-0.15, -0.1) is 0 Å². The van der Waals surface area contributed by atoms with Gasteiger partial charge in [0.25, 0.3) is 0 Å². The Balaban J connectivity index is 2.25. The molecule has 0 spiro atoms. The van der Waals surface area contributed by atoms with Crippen LogP contribution in [-0.4, -0.2) is 7.05 Å². The van der Waals surface area contributed by atoms with Gasteiger partial charge in [-0.1, -0.05) is 35.9 Å². The minimum atomic E-state index is -0.476. The number of benzene rings is 2. The SMILES string of the molecule is Cc1ccc(CN(C)c2cccc(F)c2C#N)cc1. The molecule has 0 bridgehead atoms. The molecule has 0 unspecified atom stereocenters. The molecule has 3 heteroatoms. The van der Waals surface area contributed by atoms with Crippen LogP contribution in [0.4, 0.5) is 10.1 Å². The van der Waals surface area contributed by atoms with Gasteiger partial charge in [0.05, 0.1) is 5.69 Å². The molecule has 0 amide bonds. The van der Waals surface area contributed by atoms with E-state index >= 15 is 0 Å². The number of anilines is 1. The van der Waals surface area contributed by atoms with Gasteiger partial charge in [0.2, 0.25) is 0 Å². The molecule has 96 valence electrons. The van der Waals surface area contributed by atoms with Crippen molar-refractivity contribution in [2.75, 3.05) is 11.9 Å². The highest BCUT2D eigenvalue weighted by molar-refractivity contribution is 5.59. The first-order valence-corrected chi connectivity index (χ1v) is 6.07. The molecule has 0 aliphatic rings. The van der Waals surface area contributed by atoms with Crippen molar-refractivity contribution in [2.45, 2.75) is 13.5 Å². The summed E-state index contributed by atoms with van der Waals surface area (Å²) in [7, 11) is 1.86. The molecule has 0 atom stereocenters. The van der Waals surface area contributed by atoms with Crippen molar-refractivity contribution >= 4 is 5.69 Å². The predicted octanol–water partition coefficient (Wildman–Crippen LogP) is 3.64. The number of halogens is 1. The number of rotatable bonds is 3. The van der Waals surface area contributed by atoms with Crippen molar-refractivity contribution in [1.82, 2.24) is 0 Å². The van der Waals surface area contributed by atoms with Crippen LogP contribution in [0.15, 0.2) is 42.5 Å². The zero-order chi connectivity index (χ0) is 13.8. The van der Waals surface area contributed by atoms with Gasteiger partial charge in [-0.3, -0.25) is 0 Å². The largest absolute Gasteiger partial charge is 0.369 e. The van der Waals surface area contributed by atoms with Gasteiger partial charge in [-0.25, -0.2) is 4.39 Å². The molecular weight excluding hydrogens is 239 g/mol. The van der Waals surface area contributed by atoms with Gasteiger partial charge in [0, 0.05) is 13.6 Å². The number of nitrogens with zero attached hydrogens (tertiary/aromatic N) is 2. The average molecular weight is 254 g/mol. The Morgan fingerprint density at radius 1 is 1.16 bits per heavy atom. The zero-order valence-electron chi connectivity index (χ0n) is 11.0. The van der Waals surface area contributed by atoms with Crippen LogP contribution < -0.4 is 4.90 Å². The molecule has 0 saturated heterocycles. The fraction of sp³-hybridized carbons (Fsp3) is 0.188. The van der Waals surface area contributed by atoms with E-state index in [0.29, 0.717) is 12.2 Å². The maximum absolute atomic E-state index is 13.6. The summed E-state index contributed by atoms with van der Waals surface area (Å²) in [5.41, 5.74) is 3.04. The summed E-state index contributed by atoms with van der Waals surface area (Å²) < 4.78 is 13.6. The fourth-order valence-corrected chi connectivity index (χ4v) is 1.99. The fourth-order valence-electron chi connectivity index (χ4n) is 1.99.